The van der Waals surface area contributed by atoms with E-state index < -0.39 is 10.0 Å². The summed E-state index contributed by atoms with van der Waals surface area (Å²) in [6.45, 7) is 7.82. The molecule has 0 amide bonds. The second-order valence-corrected chi connectivity index (χ2v) is 9.65. The van der Waals surface area contributed by atoms with E-state index >= 15 is 0 Å². The maximum absolute atomic E-state index is 11.9. The third kappa shape index (κ3) is 4.69. The molecule has 0 radical (unpaired) electrons. The number of anilines is 1. The van der Waals surface area contributed by atoms with Gasteiger partial charge in [-0.15, -0.1) is 11.3 Å². The predicted molar refractivity (Wildman–Crippen MR) is 109 cm³/mol. The summed E-state index contributed by atoms with van der Waals surface area (Å²) in [4.78, 5) is 9.47. The molecule has 26 heavy (non-hydrogen) atoms. The van der Waals surface area contributed by atoms with E-state index in [2.05, 4.69) is 39.6 Å². The molecule has 3 rings (SSSR count). The van der Waals surface area contributed by atoms with E-state index in [0.717, 1.165) is 51.5 Å². The average molecular weight is 400 g/mol. The molecule has 0 aliphatic carbocycles. The van der Waals surface area contributed by atoms with E-state index in [1.807, 2.05) is 0 Å². The van der Waals surface area contributed by atoms with Gasteiger partial charge in [-0.05, 0) is 37.3 Å². The molecule has 0 bridgehead atoms. The van der Waals surface area contributed by atoms with E-state index in [9.17, 15) is 8.42 Å². The van der Waals surface area contributed by atoms with Gasteiger partial charge in [0.2, 0.25) is 10.0 Å². The second-order valence-electron chi connectivity index (χ2n) is 6.79. The lowest BCUT2D eigenvalue weighted by molar-refractivity contribution is 0.366. The maximum atomic E-state index is 11.9. The molecular weight excluding hydrogens is 370 g/mol. The van der Waals surface area contributed by atoms with Gasteiger partial charge in [-0.3, -0.25) is 4.99 Å². The van der Waals surface area contributed by atoms with Crippen LogP contribution in [0.4, 0.5) is 5.00 Å². The van der Waals surface area contributed by atoms with Gasteiger partial charge in [0.1, 0.15) is 0 Å². The van der Waals surface area contributed by atoms with E-state index in [1.165, 1.54) is 11.3 Å². The Bertz CT molecular complexity index is 697. The van der Waals surface area contributed by atoms with Gasteiger partial charge in [-0.2, -0.15) is 4.31 Å². The molecule has 3 heterocycles. The summed E-state index contributed by atoms with van der Waals surface area (Å²) in [7, 11) is -3.14. The molecule has 2 aliphatic rings. The van der Waals surface area contributed by atoms with Crippen LogP contribution in [0.15, 0.2) is 22.5 Å². The maximum Gasteiger partial charge on any atom is 0.211 e. The molecule has 2 aliphatic heterocycles. The second kappa shape index (κ2) is 8.58. The number of rotatable bonds is 5. The first-order valence-electron chi connectivity index (χ1n) is 9.27. The van der Waals surface area contributed by atoms with Crippen LogP contribution in [0.3, 0.4) is 0 Å². The number of hydrogen-bond donors (Lipinski definition) is 1. The minimum Gasteiger partial charge on any atom is -0.360 e. The molecule has 2 fully saturated rings. The summed E-state index contributed by atoms with van der Waals surface area (Å²) in [5.74, 6) is 0.902. The normalized spacial score (nSPS) is 22.8. The van der Waals surface area contributed by atoms with Gasteiger partial charge in [0.15, 0.2) is 5.96 Å². The van der Waals surface area contributed by atoms with Gasteiger partial charge in [0, 0.05) is 45.3 Å². The largest absolute Gasteiger partial charge is 0.360 e. The van der Waals surface area contributed by atoms with Crippen LogP contribution < -0.4 is 10.2 Å². The van der Waals surface area contributed by atoms with Crippen molar-refractivity contribution < 1.29 is 8.42 Å². The SMILES string of the molecule is CCNC(=NC[C@H]1CCCN1S(C)(=O)=O)N1CCN(c2cccs2)CC1. The van der Waals surface area contributed by atoms with Crippen molar-refractivity contribution in [1.29, 1.82) is 0 Å². The van der Waals surface area contributed by atoms with Crippen molar-refractivity contribution in [3.63, 3.8) is 0 Å². The molecule has 1 atom stereocenters. The van der Waals surface area contributed by atoms with Crippen molar-refractivity contribution in [2.45, 2.75) is 25.8 Å². The third-order valence-corrected chi connectivity index (χ3v) is 7.19. The molecular formula is C17H29N5O2S2. The smallest absolute Gasteiger partial charge is 0.211 e. The highest BCUT2D eigenvalue weighted by Crippen LogP contribution is 2.23. The molecule has 0 unspecified atom stereocenters. The number of nitrogens with one attached hydrogen (secondary N) is 1. The Hall–Kier alpha value is -1.32. The first kappa shape index (κ1) is 19.4. The standard InChI is InChI=1S/C17H29N5O2S2/c1-3-18-17(19-14-15-6-4-8-22(15)26(2,23)24)21-11-9-20(10-12-21)16-7-5-13-25-16/h5,7,13,15H,3-4,6,8-12,14H2,1-2H3,(H,18,19)/t15-/m1/s1. The predicted octanol–water partition coefficient (Wildman–Crippen LogP) is 1.26. The highest BCUT2D eigenvalue weighted by Gasteiger charge is 2.31. The molecule has 2 saturated heterocycles. The molecule has 0 aromatic carbocycles. The van der Waals surface area contributed by atoms with Crippen molar-refractivity contribution in [2.75, 3.05) is 57.0 Å². The first-order chi connectivity index (χ1) is 12.5. The lowest BCUT2D eigenvalue weighted by Gasteiger charge is -2.37. The summed E-state index contributed by atoms with van der Waals surface area (Å²) < 4.78 is 25.4. The van der Waals surface area contributed by atoms with E-state index in [0.29, 0.717) is 13.1 Å². The fourth-order valence-electron chi connectivity index (χ4n) is 3.63. The number of piperazine rings is 1. The number of thiophene rings is 1. The molecule has 0 spiro atoms. The Morgan fingerprint density at radius 3 is 2.69 bits per heavy atom. The molecule has 1 aromatic heterocycles. The zero-order valence-corrected chi connectivity index (χ0v) is 17.2. The summed E-state index contributed by atoms with van der Waals surface area (Å²) in [6, 6.07) is 4.25. The lowest BCUT2D eigenvalue weighted by atomic mass is 10.2. The first-order valence-corrected chi connectivity index (χ1v) is 12.0. The van der Waals surface area contributed by atoms with Crippen LogP contribution in [0.2, 0.25) is 0 Å². The van der Waals surface area contributed by atoms with Gasteiger partial charge in [0.25, 0.3) is 0 Å². The van der Waals surface area contributed by atoms with E-state index in [1.54, 1.807) is 15.6 Å². The number of sulfonamides is 1. The number of hydrogen-bond acceptors (Lipinski definition) is 5. The quantitative estimate of drug-likeness (QED) is 0.596. The molecule has 7 nitrogen and oxygen atoms in total. The van der Waals surface area contributed by atoms with Crippen molar-refractivity contribution >= 4 is 32.3 Å². The van der Waals surface area contributed by atoms with Crippen molar-refractivity contribution in [3.8, 4) is 0 Å². The molecule has 0 saturated carbocycles. The van der Waals surface area contributed by atoms with Crippen LogP contribution >= 0.6 is 11.3 Å². The molecule has 9 heteroatoms. The van der Waals surface area contributed by atoms with Gasteiger partial charge in [-0.1, -0.05) is 0 Å². The van der Waals surface area contributed by atoms with Crippen molar-refractivity contribution in [1.82, 2.24) is 14.5 Å². The fourth-order valence-corrected chi connectivity index (χ4v) is 5.59. The topological polar surface area (TPSA) is 68.2 Å². The monoisotopic (exact) mass is 399 g/mol. The van der Waals surface area contributed by atoms with Crippen LogP contribution in [-0.2, 0) is 10.0 Å². The Morgan fingerprint density at radius 1 is 1.31 bits per heavy atom. The lowest BCUT2D eigenvalue weighted by Crippen LogP contribution is -2.52. The van der Waals surface area contributed by atoms with Crippen LogP contribution in [0, 0.1) is 0 Å². The van der Waals surface area contributed by atoms with Gasteiger partial charge >= 0.3 is 0 Å². The fraction of sp³-hybridized carbons (Fsp3) is 0.706. The van der Waals surface area contributed by atoms with E-state index in [-0.39, 0.29) is 6.04 Å². The van der Waals surface area contributed by atoms with Crippen molar-refractivity contribution in [2.24, 2.45) is 4.99 Å². The average Bonchev–Trinajstić information content (AvgIpc) is 3.30. The summed E-state index contributed by atoms with van der Waals surface area (Å²) in [5, 5.41) is 6.81. The van der Waals surface area contributed by atoms with E-state index in [4.69, 9.17) is 4.99 Å². The number of nitrogens with zero attached hydrogens (tertiary/aromatic N) is 4. The van der Waals surface area contributed by atoms with Crippen LogP contribution in [0.1, 0.15) is 19.8 Å². The highest BCUT2D eigenvalue weighted by atomic mass is 32.2. The summed E-state index contributed by atoms with van der Waals surface area (Å²) >= 11 is 1.78. The number of guanidine groups is 1. The zero-order chi connectivity index (χ0) is 18.6. The number of aliphatic imine (C=N–C) groups is 1. The minimum absolute atomic E-state index is 0.00827. The Morgan fingerprint density at radius 2 is 2.08 bits per heavy atom. The van der Waals surface area contributed by atoms with Crippen LogP contribution in [0.25, 0.3) is 0 Å². The summed E-state index contributed by atoms with van der Waals surface area (Å²) in [6.07, 6.45) is 3.11. The zero-order valence-electron chi connectivity index (χ0n) is 15.6. The van der Waals surface area contributed by atoms with Gasteiger partial charge < -0.3 is 15.1 Å². The van der Waals surface area contributed by atoms with Crippen molar-refractivity contribution in [3.05, 3.63) is 17.5 Å². The molecule has 1 aromatic rings. The van der Waals surface area contributed by atoms with Crippen LogP contribution in [0.5, 0.6) is 0 Å². The highest BCUT2D eigenvalue weighted by molar-refractivity contribution is 7.88. The van der Waals surface area contributed by atoms with Crippen LogP contribution in [-0.4, -0.2) is 81.7 Å². The molecule has 146 valence electrons. The summed E-state index contributed by atoms with van der Waals surface area (Å²) in [5.41, 5.74) is 0. The van der Waals surface area contributed by atoms with Gasteiger partial charge in [0.05, 0.1) is 17.8 Å². The van der Waals surface area contributed by atoms with Gasteiger partial charge in [-0.25, -0.2) is 8.42 Å². The Balaban J connectivity index is 1.61. The minimum atomic E-state index is -3.14. The molecule has 1 N–H and O–H groups in total. The Kier molecular flexibility index (Phi) is 6.42. The third-order valence-electron chi connectivity index (χ3n) is 4.93. The Labute approximate surface area is 160 Å².